The molecular weight excluding hydrogens is 608 g/mol. The second-order valence-corrected chi connectivity index (χ2v) is 12.8. The Morgan fingerprint density at radius 3 is 2.51 bits per heavy atom. The molecule has 0 radical (unpaired) electrons. The maximum Gasteiger partial charge on any atom is 0.272 e. The number of amides is 3. The number of thiophene rings is 1. The molecule has 5 rings (SSSR count). The van der Waals surface area contributed by atoms with Crippen molar-refractivity contribution >= 4 is 57.6 Å². The lowest BCUT2D eigenvalue weighted by atomic mass is 9.96. The topological polar surface area (TPSA) is 111 Å². The van der Waals surface area contributed by atoms with E-state index >= 15 is 0 Å². The summed E-state index contributed by atoms with van der Waals surface area (Å²) in [5.74, 6) is -1.88. The zero-order chi connectivity index (χ0) is 31.8. The van der Waals surface area contributed by atoms with Gasteiger partial charge in [0, 0.05) is 26.6 Å². The third kappa shape index (κ3) is 7.87. The molecule has 1 aliphatic rings. The van der Waals surface area contributed by atoms with Crippen molar-refractivity contribution in [3.05, 3.63) is 118 Å². The molecule has 1 heterocycles. The van der Waals surface area contributed by atoms with Gasteiger partial charge in [-0.1, -0.05) is 49.4 Å². The first-order valence-corrected chi connectivity index (χ1v) is 16.3. The van der Waals surface area contributed by atoms with Gasteiger partial charge in [0.25, 0.3) is 11.8 Å². The normalized spacial score (nSPS) is 13.2. The maximum absolute atomic E-state index is 14.5. The second-order valence-electron chi connectivity index (χ2n) is 10.4. The summed E-state index contributed by atoms with van der Waals surface area (Å²) in [7, 11) is 0. The second kappa shape index (κ2) is 14.8. The van der Waals surface area contributed by atoms with Gasteiger partial charge >= 0.3 is 0 Å². The quantitative estimate of drug-likeness (QED) is 0.123. The summed E-state index contributed by atoms with van der Waals surface area (Å²) in [5, 5.41) is 18.3. The first kappa shape index (κ1) is 31.7. The van der Waals surface area contributed by atoms with Gasteiger partial charge in [-0.25, -0.2) is 4.39 Å². The van der Waals surface area contributed by atoms with Crippen LogP contribution in [-0.2, 0) is 22.4 Å². The summed E-state index contributed by atoms with van der Waals surface area (Å²) in [6.45, 7) is 1.92. The van der Waals surface area contributed by atoms with E-state index in [2.05, 4.69) is 22.0 Å². The Labute approximate surface area is 269 Å². The van der Waals surface area contributed by atoms with Crippen LogP contribution in [0.15, 0.2) is 89.5 Å². The molecule has 0 saturated carbocycles. The molecule has 1 unspecified atom stereocenters. The minimum Gasteiger partial charge on any atom is -0.321 e. The van der Waals surface area contributed by atoms with E-state index in [0.717, 1.165) is 36.1 Å². The maximum atomic E-state index is 14.5. The van der Waals surface area contributed by atoms with E-state index in [-0.39, 0.29) is 17.2 Å². The van der Waals surface area contributed by atoms with E-state index in [1.54, 1.807) is 54.6 Å². The van der Waals surface area contributed by atoms with Gasteiger partial charge in [-0.15, -0.1) is 23.1 Å². The molecule has 1 aliphatic carbocycles. The van der Waals surface area contributed by atoms with Crippen LogP contribution < -0.4 is 16.0 Å². The Morgan fingerprint density at radius 1 is 1.00 bits per heavy atom. The van der Waals surface area contributed by atoms with Gasteiger partial charge in [-0.3, -0.25) is 14.4 Å². The molecular formula is C35H31FN4O3S2. The Kier molecular flexibility index (Phi) is 10.5. The molecule has 45 heavy (non-hydrogen) atoms. The van der Waals surface area contributed by atoms with Crippen molar-refractivity contribution in [3.8, 4) is 6.07 Å². The molecule has 0 saturated heterocycles. The van der Waals surface area contributed by atoms with Crippen molar-refractivity contribution in [2.75, 3.05) is 10.6 Å². The van der Waals surface area contributed by atoms with E-state index in [0.29, 0.717) is 28.2 Å². The van der Waals surface area contributed by atoms with Gasteiger partial charge in [0.05, 0.1) is 10.8 Å². The number of rotatable bonds is 10. The predicted octanol–water partition coefficient (Wildman–Crippen LogP) is 7.56. The largest absolute Gasteiger partial charge is 0.321 e. The number of nitriles is 1. The lowest BCUT2D eigenvalue weighted by Gasteiger charge is -2.16. The number of carbonyl (C=O) groups excluding carboxylic acids is 3. The lowest BCUT2D eigenvalue weighted by Crippen LogP contribution is -2.30. The fourth-order valence-corrected chi connectivity index (χ4v) is 7.24. The minimum atomic E-state index is -0.639. The van der Waals surface area contributed by atoms with Gasteiger partial charge in [-0.05, 0) is 80.1 Å². The van der Waals surface area contributed by atoms with Crippen molar-refractivity contribution < 1.29 is 18.8 Å². The third-order valence-electron chi connectivity index (χ3n) is 7.29. The Bertz CT molecular complexity index is 1800. The average molecular weight is 639 g/mol. The molecule has 4 aromatic rings. The highest BCUT2D eigenvalue weighted by molar-refractivity contribution is 8.00. The standard InChI is InChI=1S/C35H31FN4O3S2/c1-2-30(34(43)40-35-27(21-37)26-16-7-9-18-31(26)45-35)44-25-15-10-14-24(20-25)38-33(42)29(19-23-13-6-8-17-28(23)36)39-32(41)22-11-4-3-5-12-22/h3-6,8,10-15,17,19-20,30H,2,7,9,16,18H2,1H3,(H,38,42)(H,39,41)(H,40,43)/b29-19-. The molecule has 7 nitrogen and oxygen atoms in total. The summed E-state index contributed by atoms with van der Waals surface area (Å²) in [6, 6.07) is 23.7. The number of halogens is 1. The summed E-state index contributed by atoms with van der Waals surface area (Å²) in [5.41, 5.74) is 2.43. The van der Waals surface area contributed by atoms with Crippen LogP contribution in [0.4, 0.5) is 15.1 Å². The van der Waals surface area contributed by atoms with Gasteiger partial charge in [0.1, 0.15) is 22.6 Å². The molecule has 3 amide bonds. The van der Waals surface area contributed by atoms with Crippen LogP contribution in [0.1, 0.15) is 58.1 Å². The third-order valence-corrected chi connectivity index (χ3v) is 9.85. The number of hydrogen-bond acceptors (Lipinski definition) is 6. The number of carbonyl (C=O) groups is 3. The molecule has 1 atom stereocenters. The molecule has 0 fully saturated rings. The van der Waals surface area contributed by atoms with Gasteiger partial charge in [-0.2, -0.15) is 5.26 Å². The Morgan fingerprint density at radius 2 is 1.76 bits per heavy atom. The van der Waals surface area contributed by atoms with Gasteiger partial charge in [0.2, 0.25) is 5.91 Å². The molecule has 3 N–H and O–H groups in total. The summed E-state index contributed by atoms with van der Waals surface area (Å²) < 4.78 is 14.5. The summed E-state index contributed by atoms with van der Waals surface area (Å²) in [6.07, 6.45) is 5.77. The van der Waals surface area contributed by atoms with Crippen LogP contribution in [0.25, 0.3) is 6.08 Å². The first-order valence-electron chi connectivity index (χ1n) is 14.6. The first-order chi connectivity index (χ1) is 21.9. The zero-order valence-electron chi connectivity index (χ0n) is 24.6. The smallest absolute Gasteiger partial charge is 0.272 e. The summed E-state index contributed by atoms with van der Waals surface area (Å²) >= 11 is 2.85. The highest BCUT2D eigenvalue weighted by atomic mass is 32.2. The highest BCUT2D eigenvalue weighted by Gasteiger charge is 2.25. The Balaban J connectivity index is 1.31. The van der Waals surface area contributed by atoms with Crippen molar-refractivity contribution in [2.45, 2.75) is 49.2 Å². The fraction of sp³-hybridized carbons (Fsp3) is 0.200. The molecule has 0 aliphatic heterocycles. The van der Waals surface area contributed by atoms with Crippen molar-refractivity contribution in [2.24, 2.45) is 0 Å². The van der Waals surface area contributed by atoms with Crippen LogP contribution in [0.2, 0.25) is 0 Å². The van der Waals surface area contributed by atoms with Crippen LogP contribution in [0, 0.1) is 17.1 Å². The molecule has 228 valence electrons. The number of aryl methyl sites for hydroxylation is 1. The van der Waals surface area contributed by atoms with E-state index in [4.69, 9.17) is 0 Å². The number of hydrogen-bond donors (Lipinski definition) is 3. The number of benzene rings is 3. The van der Waals surface area contributed by atoms with E-state index in [1.165, 1.54) is 52.3 Å². The number of thioether (sulfide) groups is 1. The lowest BCUT2D eigenvalue weighted by molar-refractivity contribution is -0.116. The van der Waals surface area contributed by atoms with Crippen LogP contribution in [-0.4, -0.2) is 23.0 Å². The number of fused-ring (bicyclic) bond motifs is 1. The number of anilines is 2. The Hall–Kier alpha value is -4.72. The summed E-state index contributed by atoms with van der Waals surface area (Å²) in [4.78, 5) is 41.6. The molecule has 0 spiro atoms. The van der Waals surface area contributed by atoms with Crippen LogP contribution >= 0.6 is 23.1 Å². The SMILES string of the molecule is CCC(Sc1cccc(NC(=O)/C(=C/c2ccccc2F)NC(=O)c2ccccc2)c1)C(=O)Nc1sc2c(c1C#N)CCCC2. The molecule has 3 aromatic carbocycles. The monoisotopic (exact) mass is 638 g/mol. The number of nitrogens with zero attached hydrogens (tertiary/aromatic N) is 1. The van der Waals surface area contributed by atoms with E-state index in [9.17, 15) is 24.0 Å². The average Bonchev–Trinajstić information content (AvgIpc) is 3.41. The van der Waals surface area contributed by atoms with Gasteiger partial charge in [0.15, 0.2) is 0 Å². The van der Waals surface area contributed by atoms with Crippen LogP contribution in [0.5, 0.6) is 0 Å². The van der Waals surface area contributed by atoms with Crippen molar-refractivity contribution in [1.82, 2.24) is 5.32 Å². The zero-order valence-corrected chi connectivity index (χ0v) is 26.2. The van der Waals surface area contributed by atoms with E-state index < -0.39 is 22.9 Å². The predicted molar refractivity (Wildman–Crippen MR) is 178 cm³/mol. The minimum absolute atomic E-state index is 0.134. The van der Waals surface area contributed by atoms with Crippen molar-refractivity contribution in [3.63, 3.8) is 0 Å². The van der Waals surface area contributed by atoms with Crippen LogP contribution in [0.3, 0.4) is 0 Å². The number of nitrogens with one attached hydrogen (secondary N) is 3. The van der Waals surface area contributed by atoms with Crippen molar-refractivity contribution in [1.29, 1.82) is 5.26 Å². The van der Waals surface area contributed by atoms with E-state index in [1.807, 2.05) is 13.0 Å². The fourth-order valence-electron chi connectivity index (χ4n) is 4.99. The van der Waals surface area contributed by atoms with Gasteiger partial charge < -0.3 is 16.0 Å². The molecule has 10 heteroatoms. The highest BCUT2D eigenvalue weighted by Crippen LogP contribution is 2.38. The molecule has 1 aromatic heterocycles. The molecule has 0 bridgehead atoms.